The van der Waals surface area contributed by atoms with E-state index in [2.05, 4.69) is 22.0 Å². The molecule has 0 aromatic heterocycles. The molecule has 2 radical (unpaired) electrons. The summed E-state index contributed by atoms with van der Waals surface area (Å²) in [6.45, 7) is 0.475. The lowest BCUT2D eigenvalue weighted by atomic mass is 10.2. The van der Waals surface area contributed by atoms with Gasteiger partial charge in [-0.25, -0.2) is 4.79 Å². The Kier molecular flexibility index (Phi) is 8.41. The van der Waals surface area contributed by atoms with E-state index in [1.54, 1.807) is 24.3 Å². The van der Waals surface area contributed by atoms with Gasteiger partial charge in [0.25, 0.3) is 0 Å². The Morgan fingerprint density at radius 3 is 2.26 bits per heavy atom. The fraction of sp³-hybridized carbons (Fsp3) is 0.188. The number of esters is 1. The predicted octanol–water partition coefficient (Wildman–Crippen LogP) is 3.68. The van der Waals surface area contributed by atoms with Crippen molar-refractivity contribution >= 4 is 52.0 Å². The van der Waals surface area contributed by atoms with Crippen molar-refractivity contribution in [3.8, 4) is 5.75 Å². The molecular weight excluding hydrogens is 423 g/mol. The molecule has 0 spiro atoms. The predicted molar refractivity (Wildman–Crippen MR) is 106 cm³/mol. The van der Waals surface area contributed by atoms with Gasteiger partial charge in [0.15, 0.2) is 0 Å². The standard InChI is InChI=1S/C15H14BINO3P.CH4/c16-22(17)14-7-5-13(6-8-14)20-9-10-21-15(19)11-1-3-12(18)4-2-11;/h1-8H,9-10,18H2;1H4. The van der Waals surface area contributed by atoms with Crippen LogP contribution in [0.3, 0.4) is 0 Å². The summed E-state index contributed by atoms with van der Waals surface area (Å²) in [5.74, 6) is 0.332. The Bertz CT molecular complexity index is 620. The number of anilines is 1. The summed E-state index contributed by atoms with van der Waals surface area (Å²) in [5.41, 5.74) is 6.01. The smallest absolute Gasteiger partial charge is 0.338 e. The molecule has 0 bridgehead atoms. The third kappa shape index (κ3) is 6.40. The van der Waals surface area contributed by atoms with Gasteiger partial charge in [-0.1, -0.05) is 47.0 Å². The zero-order chi connectivity index (χ0) is 15.9. The van der Waals surface area contributed by atoms with Crippen LogP contribution in [0.1, 0.15) is 17.8 Å². The summed E-state index contributed by atoms with van der Waals surface area (Å²) >= 11 is 2.21. The van der Waals surface area contributed by atoms with Crippen LogP contribution in [0, 0.1) is 0 Å². The second-order valence-electron chi connectivity index (χ2n) is 4.41. The SMILES string of the molecule is C.[B]P(I)c1ccc(OCCOC(=O)c2ccc(N)cc2)cc1. The number of halogens is 1. The fourth-order valence-corrected chi connectivity index (χ4v) is 3.08. The molecule has 23 heavy (non-hydrogen) atoms. The Morgan fingerprint density at radius 1 is 1.09 bits per heavy atom. The molecule has 0 aliphatic carbocycles. The molecule has 0 heterocycles. The number of carbonyl (C=O) groups excluding carboxylic acids is 1. The van der Waals surface area contributed by atoms with E-state index in [4.69, 9.17) is 22.8 Å². The molecule has 0 saturated heterocycles. The number of carbonyl (C=O) groups is 1. The molecule has 7 heteroatoms. The van der Waals surface area contributed by atoms with Crippen LogP contribution in [0.2, 0.25) is 0 Å². The summed E-state index contributed by atoms with van der Waals surface area (Å²) in [4.78, 5) is 11.8. The maximum Gasteiger partial charge on any atom is 0.338 e. The van der Waals surface area contributed by atoms with Crippen LogP contribution in [0.25, 0.3) is 0 Å². The minimum atomic E-state index is -0.625. The van der Waals surface area contributed by atoms with E-state index in [1.807, 2.05) is 24.3 Å². The van der Waals surface area contributed by atoms with Crippen molar-refractivity contribution in [1.82, 2.24) is 0 Å². The van der Waals surface area contributed by atoms with E-state index in [9.17, 15) is 4.79 Å². The van der Waals surface area contributed by atoms with Gasteiger partial charge in [0.05, 0.1) is 5.56 Å². The van der Waals surface area contributed by atoms with Crippen molar-refractivity contribution in [2.24, 2.45) is 0 Å². The number of hydrogen-bond acceptors (Lipinski definition) is 4. The molecule has 1 unspecified atom stereocenters. The summed E-state index contributed by atoms with van der Waals surface area (Å²) in [6.07, 6.45) is 0. The van der Waals surface area contributed by atoms with Crippen molar-refractivity contribution in [3.63, 3.8) is 0 Å². The zero-order valence-electron chi connectivity index (χ0n) is 11.7. The van der Waals surface area contributed by atoms with E-state index in [0.717, 1.165) is 11.1 Å². The molecule has 0 fully saturated rings. The lowest BCUT2D eigenvalue weighted by Gasteiger charge is -2.09. The molecule has 2 aromatic carbocycles. The van der Waals surface area contributed by atoms with E-state index in [1.165, 1.54) is 0 Å². The topological polar surface area (TPSA) is 61.5 Å². The van der Waals surface area contributed by atoms with Crippen LogP contribution in [0.5, 0.6) is 5.75 Å². The second-order valence-corrected chi connectivity index (χ2v) is 8.67. The van der Waals surface area contributed by atoms with Crippen LogP contribution < -0.4 is 15.8 Å². The van der Waals surface area contributed by atoms with Crippen LogP contribution in [-0.4, -0.2) is 26.7 Å². The molecule has 2 rings (SSSR count). The normalized spacial score (nSPS) is 11.2. The molecule has 1 atom stereocenters. The highest BCUT2D eigenvalue weighted by atomic mass is 127. The lowest BCUT2D eigenvalue weighted by Crippen LogP contribution is -2.12. The highest BCUT2D eigenvalue weighted by molar-refractivity contribution is 14.2. The first-order chi connectivity index (χ1) is 10.6. The van der Waals surface area contributed by atoms with Gasteiger partial charge < -0.3 is 15.2 Å². The van der Waals surface area contributed by atoms with E-state index in [-0.39, 0.29) is 14.0 Å². The molecule has 2 aromatic rings. The molecule has 0 aliphatic rings. The zero-order valence-corrected chi connectivity index (χ0v) is 14.8. The number of rotatable bonds is 6. The molecule has 2 N–H and O–H groups in total. The van der Waals surface area contributed by atoms with Gasteiger partial charge in [0.2, 0.25) is 0 Å². The van der Waals surface area contributed by atoms with Gasteiger partial charge in [-0.05, 0) is 41.7 Å². The van der Waals surface area contributed by atoms with E-state index in [0.29, 0.717) is 17.9 Å². The molecule has 120 valence electrons. The summed E-state index contributed by atoms with van der Waals surface area (Å²) < 4.78 is 10.6. The minimum Gasteiger partial charge on any atom is -0.490 e. The van der Waals surface area contributed by atoms with Crippen molar-refractivity contribution in [2.45, 2.75) is 7.43 Å². The van der Waals surface area contributed by atoms with Crippen molar-refractivity contribution in [3.05, 3.63) is 54.1 Å². The molecular formula is C16H18BINO3P. The average molecular weight is 441 g/mol. The first-order valence-corrected chi connectivity index (χ1v) is 10.7. The molecule has 4 nitrogen and oxygen atoms in total. The lowest BCUT2D eigenvalue weighted by molar-refractivity contribution is 0.0450. The monoisotopic (exact) mass is 441 g/mol. The van der Waals surface area contributed by atoms with Crippen LogP contribution in [0.15, 0.2) is 48.5 Å². The number of benzene rings is 2. The number of hydrogen-bond donors (Lipinski definition) is 1. The van der Waals surface area contributed by atoms with E-state index < -0.39 is 11.4 Å². The first-order valence-electron chi connectivity index (χ1n) is 6.52. The molecule has 0 saturated carbocycles. The van der Waals surface area contributed by atoms with E-state index >= 15 is 0 Å². The first kappa shape index (κ1) is 19.8. The highest BCUT2D eigenvalue weighted by Crippen LogP contribution is 2.37. The average Bonchev–Trinajstić information content (AvgIpc) is 2.52. The van der Waals surface area contributed by atoms with Gasteiger partial charge in [-0.2, -0.15) is 0 Å². The van der Waals surface area contributed by atoms with Crippen molar-refractivity contribution < 1.29 is 14.3 Å². The summed E-state index contributed by atoms with van der Waals surface area (Å²) in [5, 5.41) is 1.10. The second kappa shape index (κ2) is 9.78. The van der Waals surface area contributed by atoms with Gasteiger partial charge in [0.1, 0.15) is 26.5 Å². The highest BCUT2D eigenvalue weighted by Gasteiger charge is 2.06. The number of nitrogens with two attached hydrogens (primary N) is 1. The quantitative estimate of drug-likeness (QED) is 0.186. The Morgan fingerprint density at radius 2 is 1.70 bits per heavy atom. The molecule has 0 aliphatic heterocycles. The summed E-state index contributed by atoms with van der Waals surface area (Å²) in [6, 6.07) is 14.2. The Labute approximate surface area is 152 Å². The maximum atomic E-state index is 11.8. The van der Waals surface area contributed by atoms with Gasteiger partial charge in [0, 0.05) is 5.69 Å². The van der Waals surface area contributed by atoms with Crippen LogP contribution in [0.4, 0.5) is 5.69 Å². The van der Waals surface area contributed by atoms with Gasteiger partial charge >= 0.3 is 5.97 Å². The maximum absolute atomic E-state index is 11.8. The van der Waals surface area contributed by atoms with Gasteiger partial charge in [-0.3, -0.25) is 0 Å². The third-order valence-electron chi connectivity index (χ3n) is 2.81. The minimum absolute atomic E-state index is 0. The van der Waals surface area contributed by atoms with Crippen LogP contribution >= 0.6 is 27.5 Å². The van der Waals surface area contributed by atoms with Crippen molar-refractivity contribution in [1.29, 1.82) is 0 Å². The summed E-state index contributed by atoms with van der Waals surface area (Å²) in [7, 11) is 5.83. The Hall–Kier alpha value is -1.27. The van der Waals surface area contributed by atoms with Crippen molar-refractivity contribution in [2.75, 3.05) is 18.9 Å². The van der Waals surface area contributed by atoms with Crippen LogP contribution in [-0.2, 0) is 4.74 Å². The van der Waals surface area contributed by atoms with Gasteiger partial charge in [-0.15, -0.1) is 0 Å². The fourth-order valence-electron chi connectivity index (χ4n) is 1.68. The Balaban J connectivity index is 0.00000264. The largest absolute Gasteiger partial charge is 0.490 e. The number of ether oxygens (including phenoxy) is 2. The third-order valence-corrected chi connectivity index (χ3v) is 5.28. The number of nitrogen functional groups attached to an aromatic ring is 1. The molecule has 0 amide bonds.